The minimum absolute atomic E-state index is 0.177. The van der Waals surface area contributed by atoms with Gasteiger partial charge in [-0.1, -0.05) is 23.7 Å². The van der Waals surface area contributed by atoms with Crippen LogP contribution in [0.1, 0.15) is 34.2 Å². The Kier molecular flexibility index (Phi) is 4.73. The highest BCUT2D eigenvalue weighted by Crippen LogP contribution is 2.22. The van der Waals surface area contributed by atoms with Gasteiger partial charge in [-0.3, -0.25) is 4.79 Å². The zero-order valence-electron chi connectivity index (χ0n) is 11.3. The zero-order chi connectivity index (χ0) is 14.7. The fraction of sp³-hybridized carbons (Fsp3) is 0.267. The van der Waals surface area contributed by atoms with E-state index in [1.54, 1.807) is 43.1 Å². The van der Waals surface area contributed by atoms with Crippen molar-refractivity contribution < 1.29 is 9.21 Å². The number of hydrogen-bond acceptors (Lipinski definition) is 2. The highest BCUT2D eigenvalue weighted by atomic mass is 35.5. The Balaban J connectivity index is 2.06. The van der Waals surface area contributed by atoms with Crippen LogP contribution in [0.25, 0.3) is 0 Å². The van der Waals surface area contributed by atoms with Gasteiger partial charge in [0.15, 0.2) is 5.76 Å². The first kappa shape index (κ1) is 14.9. The summed E-state index contributed by atoms with van der Waals surface area (Å²) < 4.78 is 5.44. The minimum Gasteiger partial charge on any atom is -0.454 e. The van der Waals surface area contributed by atoms with Crippen LogP contribution in [0.2, 0.25) is 5.02 Å². The topological polar surface area (TPSA) is 33.5 Å². The van der Waals surface area contributed by atoms with Gasteiger partial charge in [-0.25, -0.2) is 0 Å². The predicted molar refractivity (Wildman–Crippen MR) is 80.2 cm³/mol. The lowest BCUT2D eigenvalue weighted by molar-refractivity contribution is 0.0751. The van der Waals surface area contributed by atoms with Crippen LogP contribution in [0.15, 0.2) is 40.8 Å². The number of nitrogens with zero attached hydrogens (tertiary/aromatic N) is 1. The van der Waals surface area contributed by atoms with E-state index in [2.05, 4.69) is 0 Å². The molecule has 1 unspecified atom stereocenters. The highest BCUT2D eigenvalue weighted by Gasteiger charge is 2.17. The summed E-state index contributed by atoms with van der Waals surface area (Å²) in [4.78, 5) is 13.8. The second-order valence-corrected chi connectivity index (χ2v) is 5.70. The molecule has 2 aromatic rings. The third-order valence-corrected chi connectivity index (χ3v) is 3.38. The summed E-state index contributed by atoms with van der Waals surface area (Å²) in [6.07, 6.45) is 0. The Labute approximate surface area is 128 Å². The van der Waals surface area contributed by atoms with E-state index in [4.69, 9.17) is 27.6 Å². The molecule has 0 N–H and O–H groups in total. The molecular weight excluding hydrogens is 297 g/mol. The number of carbonyl (C=O) groups excluding carboxylic acids is 1. The van der Waals surface area contributed by atoms with Crippen LogP contribution in [0.5, 0.6) is 0 Å². The van der Waals surface area contributed by atoms with Crippen molar-refractivity contribution in [2.45, 2.75) is 18.8 Å². The maximum atomic E-state index is 12.2. The van der Waals surface area contributed by atoms with Gasteiger partial charge >= 0.3 is 0 Å². The maximum absolute atomic E-state index is 12.2. The third kappa shape index (κ3) is 3.56. The molecule has 0 saturated heterocycles. The first-order valence-corrected chi connectivity index (χ1v) is 7.02. The summed E-state index contributed by atoms with van der Waals surface area (Å²) in [5.74, 6) is 0.711. The average molecular weight is 312 g/mol. The van der Waals surface area contributed by atoms with Gasteiger partial charge in [0.2, 0.25) is 0 Å². The van der Waals surface area contributed by atoms with Crippen LogP contribution in [-0.4, -0.2) is 17.9 Å². The van der Waals surface area contributed by atoms with E-state index in [1.807, 2.05) is 12.1 Å². The van der Waals surface area contributed by atoms with Crippen molar-refractivity contribution in [1.29, 1.82) is 0 Å². The Bertz CT molecular complexity index is 590. The van der Waals surface area contributed by atoms with Crippen LogP contribution in [0.4, 0.5) is 0 Å². The number of amides is 1. The maximum Gasteiger partial charge on any atom is 0.289 e. The monoisotopic (exact) mass is 311 g/mol. The standard InChI is InChI=1S/C15H15Cl2NO2/c1-10(16)13-7-8-14(20-13)15(19)18(2)9-11-3-5-12(17)6-4-11/h3-8,10H,9H2,1-2H3. The summed E-state index contributed by atoms with van der Waals surface area (Å²) in [6.45, 7) is 2.29. The minimum atomic E-state index is -0.252. The van der Waals surface area contributed by atoms with E-state index in [1.165, 1.54) is 0 Å². The first-order chi connectivity index (χ1) is 9.47. The molecule has 0 radical (unpaired) electrons. The number of alkyl halides is 1. The first-order valence-electron chi connectivity index (χ1n) is 6.21. The molecule has 0 bridgehead atoms. The predicted octanol–water partition coefficient (Wildman–Crippen LogP) is 4.51. The van der Waals surface area contributed by atoms with E-state index < -0.39 is 0 Å². The van der Waals surface area contributed by atoms with Crippen molar-refractivity contribution in [2.24, 2.45) is 0 Å². The molecule has 0 fully saturated rings. The molecule has 1 aromatic heterocycles. The second kappa shape index (κ2) is 6.33. The summed E-state index contributed by atoms with van der Waals surface area (Å²) in [5, 5.41) is 0.424. The molecule has 106 valence electrons. The van der Waals surface area contributed by atoms with Crippen molar-refractivity contribution >= 4 is 29.1 Å². The van der Waals surface area contributed by atoms with Crippen LogP contribution in [0, 0.1) is 0 Å². The Morgan fingerprint density at radius 3 is 2.45 bits per heavy atom. The molecule has 0 saturated carbocycles. The zero-order valence-corrected chi connectivity index (χ0v) is 12.8. The summed E-state index contributed by atoms with van der Waals surface area (Å²) in [7, 11) is 1.73. The number of halogens is 2. The molecular formula is C15H15Cl2NO2. The number of furan rings is 1. The van der Waals surface area contributed by atoms with Gasteiger partial charge in [-0.05, 0) is 36.8 Å². The SMILES string of the molecule is CC(Cl)c1ccc(C(=O)N(C)Cc2ccc(Cl)cc2)o1. The van der Waals surface area contributed by atoms with E-state index >= 15 is 0 Å². The molecule has 1 atom stereocenters. The van der Waals surface area contributed by atoms with Crippen LogP contribution in [0.3, 0.4) is 0 Å². The van der Waals surface area contributed by atoms with E-state index in [0.717, 1.165) is 5.56 Å². The van der Waals surface area contributed by atoms with Gasteiger partial charge in [0.1, 0.15) is 5.76 Å². The summed E-state index contributed by atoms with van der Waals surface area (Å²) in [6, 6.07) is 10.8. The number of carbonyl (C=O) groups is 1. The average Bonchev–Trinajstić information content (AvgIpc) is 2.90. The molecule has 0 aliphatic rings. The lowest BCUT2D eigenvalue weighted by Crippen LogP contribution is -2.25. The molecule has 5 heteroatoms. The van der Waals surface area contributed by atoms with Gasteiger partial charge in [-0.2, -0.15) is 0 Å². The molecule has 0 aliphatic carbocycles. The van der Waals surface area contributed by atoms with Crippen LogP contribution >= 0.6 is 23.2 Å². The van der Waals surface area contributed by atoms with Crippen molar-refractivity contribution in [3.8, 4) is 0 Å². The Morgan fingerprint density at radius 1 is 1.25 bits per heavy atom. The fourth-order valence-corrected chi connectivity index (χ4v) is 2.05. The molecule has 1 heterocycles. The van der Waals surface area contributed by atoms with Gasteiger partial charge < -0.3 is 9.32 Å². The van der Waals surface area contributed by atoms with Crippen molar-refractivity contribution in [3.05, 3.63) is 58.5 Å². The largest absolute Gasteiger partial charge is 0.454 e. The molecule has 1 aromatic carbocycles. The molecule has 3 nitrogen and oxygen atoms in total. The number of benzene rings is 1. The highest BCUT2D eigenvalue weighted by molar-refractivity contribution is 6.30. The van der Waals surface area contributed by atoms with E-state index in [9.17, 15) is 4.79 Å². The van der Waals surface area contributed by atoms with Crippen molar-refractivity contribution in [2.75, 3.05) is 7.05 Å². The number of hydrogen-bond donors (Lipinski definition) is 0. The summed E-state index contributed by atoms with van der Waals surface area (Å²) >= 11 is 11.7. The number of rotatable bonds is 4. The Hall–Kier alpha value is -1.45. The van der Waals surface area contributed by atoms with Crippen LogP contribution < -0.4 is 0 Å². The normalized spacial score (nSPS) is 12.2. The van der Waals surface area contributed by atoms with Gasteiger partial charge in [-0.15, -0.1) is 11.6 Å². The lowest BCUT2D eigenvalue weighted by atomic mass is 10.2. The molecule has 2 rings (SSSR count). The smallest absolute Gasteiger partial charge is 0.289 e. The van der Waals surface area contributed by atoms with Gasteiger partial charge in [0, 0.05) is 18.6 Å². The van der Waals surface area contributed by atoms with E-state index in [0.29, 0.717) is 23.1 Å². The lowest BCUT2D eigenvalue weighted by Gasteiger charge is -2.15. The quantitative estimate of drug-likeness (QED) is 0.779. The molecule has 0 aliphatic heterocycles. The van der Waals surface area contributed by atoms with E-state index in [-0.39, 0.29) is 11.3 Å². The van der Waals surface area contributed by atoms with Crippen LogP contribution in [-0.2, 0) is 6.54 Å². The van der Waals surface area contributed by atoms with Crippen molar-refractivity contribution in [1.82, 2.24) is 4.90 Å². The van der Waals surface area contributed by atoms with Gasteiger partial charge in [0.25, 0.3) is 5.91 Å². The fourth-order valence-electron chi connectivity index (χ4n) is 1.81. The molecule has 1 amide bonds. The molecule has 0 spiro atoms. The summed E-state index contributed by atoms with van der Waals surface area (Å²) in [5.41, 5.74) is 1.00. The molecule has 20 heavy (non-hydrogen) atoms. The second-order valence-electron chi connectivity index (χ2n) is 4.61. The van der Waals surface area contributed by atoms with Gasteiger partial charge in [0.05, 0.1) is 5.38 Å². The third-order valence-electron chi connectivity index (χ3n) is 2.91. The Morgan fingerprint density at radius 2 is 1.90 bits per heavy atom. The van der Waals surface area contributed by atoms with Crippen molar-refractivity contribution in [3.63, 3.8) is 0 Å².